The molecule has 2 saturated heterocycles. The van der Waals surface area contributed by atoms with Crippen molar-refractivity contribution in [2.75, 3.05) is 39.6 Å². The molecule has 0 radical (unpaired) electrons. The Bertz CT molecular complexity index is 603. The van der Waals surface area contributed by atoms with E-state index in [0.29, 0.717) is 10.1 Å². The Labute approximate surface area is 171 Å². The lowest BCUT2D eigenvalue weighted by atomic mass is 10.4. The molecule has 30 heavy (non-hydrogen) atoms. The highest BCUT2D eigenvalue weighted by molar-refractivity contribution is 6.02. The molecule has 2 fully saturated rings. The molecular formula is C17H22N2O11. The summed E-state index contributed by atoms with van der Waals surface area (Å²) in [7, 11) is 0. The van der Waals surface area contributed by atoms with Gasteiger partial charge in [-0.3, -0.25) is 19.2 Å². The number of hydrogen-bond acceptors (Lipinski definition) is 11. The van der Waals surface area contributed by atoms with E-state index in [1.807, 2.05) is 0 Å². The number of hydroxylamine groups is 4. The Morgan fingerprint density at radius 3 is 1.50 bits per heavy atom. The molecule has 166 valence electrons. The van der Waals surface area contributed by atoms with E-state index in [0.717, 1.165) is 0 Å². The van der Waals surface area contributed by atoms with E-state index >= 15 is 0 Å². The average molecular weight is 430 g/mol. The van der Waals surface area contributed by atoms with Crippen LogP contribution in [0.2, 0.25) is 0 Å². The third-order valence-corrected chi connectivity index (χ3v) is 3.81. The molecule has 0 aromatic rings. The van der Waals surface area contributed by atoms with Crippen LogP contribution in [-0.4, -0.2) is 85.3 Å². The van der Waals surface area contributed by atoms with Crippen molar-refractivity contribution >= 4 is 35.6 Å². The zero-order valence-corrected chi connectivity index (χ0v) is 16.2. The van der Waals surface area contributed by atoms with Gasteiger partial charge in [0.2, 0.25) is 0 Å². The lowest BCUT2D eigenvalue weighted by Crippen LogP contribution is -2.33. The molecule has 13 heteroatoms. The Balaban J connectivity index is 1.39. The fraction of sp³-hybridized carbons (Fsp3) is 0.647. The quantitative estimate of drug-likeness (QED) is 0.251. The van der Waals surface area contributed by atoms with Crippen LogP contribution in [0.25, 0.3) is 0 Å². The highest BCUT2D eigenvalue weighted by Gasteiger charge is 2.33. The second-order valence-corrected chi connectivity index (χ2v) is 6.12. The molecular weight excluding hydrogens is 408 g/mol. The first-order valence-electron chi connectivity index (χ1n) is 9.25. The maximum absolute atomic E-state index is 11.5. The number of rotatable bonds is 13. The van der Waals surface area contributed by atoms with Crippen LogP contribution in [0.4, 0.5) is 0 Å². The van der Waals surface area contributed by atoms with Gasteiger partial charge in [-0.2, -0.15) is 0 Å². The van der Waals surface area contributed by atoms with Crippen molar-refractivity contribution in [2.45, 2.75) is 32.1 Å². The molecule has 0 bridgehead atoms. The third-order valence-electron chi connectivity index (χ3n) is 3.81. The Morgan fingerprint density at radius 2 is 1.00 bits per heavy atom. The van der Waals surface area contributed by atoms with Crippen molar-refractivity contribution < 1.29 is 52.7 Å². The van der Waals surface area contributed by atoms with Crippen molar-refractivity contribution in [3.05, 3.63) is 0 Å². The predicted octanol–water partition coefficient (Wildman–Crippen LogP) is -1.36. The van der Waals surface area contributed by atoms with Gasteiger partial charge in [0.05, 0.1) is 39.5 Å². The van der Waals surface area contributed by atoms with Gasteiger partial charge < -0.3 is 23.9 Å². The van der Waals surface area contributed by atoms with E-state index in [4.69, 9.17) is 14.2 Å². The minimum atomic E-state index is -0.869. The molecule has 2 heterocycles. The molecule has 0 aromatic carbocycles. The van der Waals surface area contributed by atoms with Gasteiger partial charge in [0.15, 0.2) is 0 Å². The van der Waals surface area contributed by atoms with Crippen LogP contribution in [0.3, 0.4) is 0 Å². The zero-order valence-electron chi connectivity index (χ0n) is 16.2. The standard InChI is InChI=1S/C17H22N2O11/c20-12-1-2-13(21)18(12)29-16(24)5-6-26-7-8-27-9-10-28-11-17(25)30-19-14(22)3-4-15(19)23/h1-11H2. The maximum atomic E-state index is 11.5. The lowest BCUT2D eigenvalue weighted by Gasteiger charge is -2.13. The van der Waals surface area contributed by atoms with Gasteiger partial charge in [0.25, 0.3) is 23.6 Å². The molecule has 0 unspecified atom stereocenters. The molecule has 0 aliphatic carbocycles. The first kappa shape index (κ1) is 23.4. The molecule has 0 saturated carbocycles. The SMILES string of the molecule is O=C(CCOCCOCCOCC(=O)ON1C(=O)CCC1=O)ON1C(=O)CCC1=O. The van der Waals surface area contributed by atoms with Crippen molar-refractivity contribution in [3.8, 4) is 0 Å². The minimum absolute atomic E-state index is 0.0157. The van der Waals surface area contributed by atoms with Crippen molar-refractivity contribution in [3.63, 3.8) is 0 Å². The summed E-state index contributed by atoms with van der Waals surface area (Å²) >= 11 is 0. The topological polar surface area (TPSA) is 155 Å². The van der Waals surface area contributed by atoms with E-state index in [1.54, 1.807) is 0 Å². The van der Waals surface area contributed by atoms with Gasteiger partial charge in [0.1, 0.15) is 6.61 Å². The lowest BCUT2D eigenvalue weighted by molar-refractivity contribution is -0.200. The number of ether oxygens (including phenoxy) is 3. The van der Waals surface area contributed by atoms with E-state index < -0.39 is 42.2 Å². The van der Waals surface area contributed by atoms with Crippen molar-refractivity contribution in [1.29, 1.82) is 0 Å². The van der Waals surface area contributed by atoms with Gasteiger partial charge in [-0.05, 0) is 0 Å². The number of hydrogen-bond donors (Lipinski definition) is 0. The molecule has 2 aliphatic rings. The average Bonchev–Trinajstić information content (AvgIpc) is 3.19. The molecule has 0 N–H and O–H groups in total. The summed E-state index contributed by atoms with van der Waals surface area (Å²) in [6, 6.07) is 0. The first-order chi connectivity index (χ1) is 14.4. The van der Waals surface area contributed by atoms with E-state index in [2.05, 4.69) is 9.68 Å². The van der Waals surface area contributed by atoms with Crippen LogP contribution >= 0.6 is 0 Å². The molecule has 0 atom stereocenters. The van der Waals surface area contributed by atoms with E-state index in [9.17, 15) is 28.8 Å². The van der Waals surface area contributed by atoms with Crippen LogP contribution in [0.15, 0.2) is 0 Å². The number of carbonyl (C=O) groups is 6. The normalized spacial score (nSPS) is 16.5. The van der Waals surface area contributed by atoms with Crippen molar-refractivity contribution in [1.82, 2.24) is 10.1 Å². The van der Waals surface area contributed by atoms with Crippen LogP contribution in [0, 0.1) is 0 Å². The molecule has 2 rings (SSSR count). The van der Waals surface area contributed by atoms with Gasteiger partial charge in [-0.1, -0.05) is 0 Å². The number of amides is 4. The second-order valence-electron chi connectivity index (χ2n) is 6.12. The van der Waals surface area contributed by atoms with Crippen LogP contribution in [-0.2, 0) is 52.7 Å². The Hall–Kier alpha value is -2.90. The largest absolute Gasteiger partial charge is 0.378 e. The summed E-state index contributed by atoms with van der Waals surface area (Å²) < 4.78 is 15.4. The summed E-state index contributed by atoms with van der Waals surface area (Å²) in [4.78, 5) is 77.4. The number of imide groups is 2. The minimum Gasteiger partial charge on any atom is -0.378 e. The van der Waals surface area contributed by atoms with Gasteiger partial charge in [-0.25, -0.2) is 9.59 Å². The van der Waals surface area contributed by atoms with Crippen LogP contribution in [0.5, 0.6) is 0 Å². The fourth-order valence-corrected chi connectivity index (χ4v) is 2.34. The van der Waals surface area contributed by atoms with Gasteiger partial charge in [-0.15, -0.1) is 10.1 Å². The summed E-state index contributed by atoms with van der Waals surface area (Å²) in [6.07, 6.45) is -0.0423. The Kier molecular flexibility index (Phi) is 9.31. The monoisotopic (exact) mass is 430 g/mol. The Morgan fingerprint density at radius 1 is 0.600 bits per heavy atom. The second kappa shape index (κ2) is 11.9. The highest BCUT2D eigenvalue weighted by Crippen LogP contribution is 2.13. The number of carbonyl (C=O) groups excluding carboxylic acids is 6. The van der Waals surface area contributed by atoms with Crippen LogP contribution < -0.4 is 0 Å². The maximum Gasteiger partial charge on any atom is 0.358 e. The molecule has 2 aliphatic heterocycles. The van der Waals surface area contributed by atoms with Gasteiger partial charge >= 0.3 is 11.9 Å². The highest BCUT2D eigenvalue weighted by atomic mass is 16.7. The molecule has 4 amide bonds. The fourth-order valence-electron chi connectivity index (χ4n) is 2.34. The summed E-state index contributed by atoms with van der Waals surface area (Å²) in [5, 5.41) is 0.915. The molecule has 0 aromatic heterocycles. The zero-order chi connectivity index (χ0) is 21.9. The van der Waals surface area contributed by atoms with E-state index in [1.165, 1.54) is 0 Å². The molecule has 0 spiro atoms. The predicted molar refractivity (Wildman–Crippen MR) is 91.4 cm³/mol. The van der Waals surface area contributed by atoms with E-state index in [-0.39, 0.29) is 65.1 Å². The number of nitrogens with zero attached hydrogens (tertiary/aromatic N) is 2. The third kappa shape index (κ3) is 7.50. The van der Waals surface area contributed by atoms with Crippen LogP contribution in [0.1, 0.15) is 32.1 Å². The summed E-state index contributed by atoms with van der Waals surface area (Å²) in [5.74, 6) is -3.85. The van der Waals surface area contributed by atoms with Crippen molar-refractivity contribution in [2.24, 2.45) is 0 Å². The summed E-state index contributed by atoms with van der Waals surface area (Å²) in [6.45, 7) is 0.176. The molecule has 13 nitrogen and oxygen atoms in total. The first-order valence-corrected chi connectivity index (χ1v) is 9.25. The van der Waals surface area contributed by atoms with Gasteiger partial charge in [0, 0.05) is 25.7 Å². The smallest absolute Gasteiger partial charge is 0.358 e. The summed E-state index contributed by atoms with van der Waals surface area (Å²) in [5.41, 5.74) is 0.